The maximum absolute atomic E-state index is 6.46. The van der Waals surface area contributed by atoms with Gasteiger partial charge in [0.15, 0.2) is 0 Å². The molecule has 21 heavy (non-hydrogen) atoms. The van der Waals surface area contributed by atoms with Crippen LogP contribution in [0.4, 0.5) is 0 Å². The average Bonchev–Trinajstić information content (AvgIpc) is 2.96. The molecule has 1 saturated heterocycles. The Kier molecular flexibility index (Phi) is 4.23. The summed E-state index contributed by atoms with van der Waals surface area (Å²) in [7, 11) is 0. The van der Waals surface area contributed by atoms with Crippen LogP contribution in [0.2, 0.25) is 0 Å². The van der Waals surface area contributed by atoms with Gasteiger partial charge in [-0.1, -0.05) is 32.9 Å². The van der Waals surface area contributed by atoms with Gasteiger partial charge in [0.2, 0.25) is 0 Å². The van der Waals surface area contributed by atoms with E-state index < -0.39 is 0 Å². The maximum Gasteiger partial charge on any atom is 0.125 e. The molecule has 0 amide bonds. The van der Waals surface area contributed by atoms with Crippen LogP contribution in [-0.4, -0.2) is 36.7 Å². The Morgan fingerprint density at radius 1 is 1.29 bits per heavy atom. The van der Waals surface area contributed by atoms with E-state index in [1.807, 2.05) is 0 Å². The van der Waals surface area contributed by atoms with Gasteiger partial charge in [-0.25, -0.2) is 0 Å². The van der Waals surface area contributed by atoms with E-state index in [0.717, 1.165) is 51.2 Å². The molecule has 0 aliphatic carbocycles. The summed E-state index contributed by atoms with van der Waals surface area (Å²) in [6.07, 6.45) is 3.33. The van der Waals surface area contributed by atoms with Crippen LogP contribution in [0.1, 0.15) is 50.8 Å². The molecule has 2 unspecified atom stereocenters. The summed E-state index contributed by atoms with van der Waals surface area (Å²) in [6, 6.07) is 7.28. The first-order valence-electron chi connectivity index (χ1n) is 8.48. The van der Waals surface area contributed by atoms with E-state index >= 15 is 0 Å². The Morgan fingerprint density at radius 3 is 2.71 bits per heavy atom. The zero-order chi connectivity index (χ0) is 14.9. The summed E-state index contributed by atoms with van der Waals surface area (Å²) in [5.74, 6) is 1.11. The first-order chi connectivity index (χ1) is 10.2. The van der Waals surface area contributed by atoms with Crippen molar-refractivity contribution in [3.63, 3.8) is 0 Å². The minimum absolute atomic E-state index is 0.00792. The Hall–Kier alpha value is -1.06. The van der Waals surface area contributed by atoms with Crippen molar-refractivity contribution in [2.45, 2.75) is 51.7 Å². The molecular weight excluding hydrogens is 260 g/mol. The van der Waals surface area contributed by atoms with Gasteiger partial charge < -0.3 is 10.1 Å². The Labute approximate surface area is 128 Å². The van der Waals surface area contributed by atoms with Crippen molar-refractivity contribution < 1.29 is 4.74 Å². The third-order valence-corrected chi connectivity index (χ3v) is 5.19. The van der Waals surface area contributed by atoms with Crippen LogP contribution in [0.3, 0.4) is 0 Å². The largest absolute Gasteiger partial charge is 0.485 e. The van der Waals surface area contributed by atoms with Gasteiger partial charge in [-0.3, -0.25) is 4.90 Å². The molecule has 3 heteroatoms. The lowest BCUT2D eigenvalue weighted by Crippen LogP contribution is -2.46. The van der Waals surface area contributed by atoms with Crippen LogP contribution >= 0.6 is 0 Å². The molecule has 1 aromatic carbocycles. The summed E-state index contributed by atoms with van der Waals surface area (Å²) < 4.78 is 6.46. The van der Waals surface area contributed by atoms with E-state index in [-0.39, 0.29) is 5.60 Å². The van der Waals surface area contributed by atoms with Gasteiger partial charge in [0, 0.05) is 31.0 Å². The predicted octanol–water partition coefficient (Wildman–Crippen LogP) is 3.15. The highest BCUT2D eigenvalue weighted by Gasteiger charge is 2.44. The molecule has 0 bridgehead atoms. The van der Waals surface area contributed by atoms with Crippen molar-refractivity contribution >= 4 is 0 Å². The number of aryl methyl sites for hydroxylation is 1. The van der Waals surface area contributed by atoms with Crippen molar-refractivity contribution in [1.29, 1.82) is 0 Å². The van der Waals surface area contributed by atoms with Gasteiger partial charge in [0.25, 0.3) is 0 Å². The van der Waals surface area contributed by atoms with Crippen LogP contribution < -0.4 is 10.1 Å². The second-order valence-electron chi connectivity index (χ2n) is 6.38. The lowest BCUT2D eigenvalue weighted by molar-refractivity contribution is 0.0193. The van der Waals surface area contributed by atoms with Gasteiger partial charge in [0.05, 0.1) is 0 Å². The average molecular weight is 288 g/mol. The minimum atomic E-state index is 0.00792. The number of nitrogens with one attached hydrogen (secondary N) is 1. The van der Waals surface area contributed by atoms with E-state index in [0.29, 0.717) is 6.04 Å². The molecule has 1 fully saturated rings. The van der Waals surface area contributed by atoms with Crippen LogP contribution in [0.5, 0.6) is 5.75 Å². The number of ether oxygens (including phenoxy) is 1. The first kappa shape index (κ1) is 14.9. The van der Waals surface area contributed by atoms with E-state index in [1.54, 1.807) is 0 Å². The van der Waals surface area contributed by atoms with Crippen molar-refractivity contribution in [1.82, 2.24) is 10.2 Å². The zero-order valence-corrected chi connectivity index (χ0v) is 13.6. The quantitative estimate of drug-likeness (QED) is 0.921. The summed E-state index contributed by atoms with van der Waals surface area (Å²) in [5, 5.41) is 3.49. The standard InChI is InChI=1S/C18H28N2O/c1-4-14-7-8-17-15(11-14)16(20(5-2)6-3)12-18(21-17)9-10-19-13-18/h7-8,11,16,19H,4-6,9-10,12-13H2,1-3H3. The van der Waals surface area contributed by atoms with Crippen LogP contribution in [0.15, 0.2) is 18.2 Å². The minimum Gasteiger partial charge on any atom is -0.485 e. The highest BCUT2D eigenvalue weighted by Crippen LogP contribution is 2.45. The van der Waals surface area contributed by atoms with Gasteiger partial charge in [-0.15, -0.1) is 0 Å². The number of hydrogen-bond donors (Lipinski definition) is 1. The molecule has 0 radical (unpaired) electrons. The molecule has 2 heterocycles. The Balaban J connectivity index is 2.00. The molecule has 3 nitrogen and oxygen atoms in total. The van der Waals surface area contributed by atoms with Gasteiger partial charge in [0.1, 0.15) is 11.4 Å². The van der Waals surface area contributed by atoms with E-state index in [2.05, 4.69) is 49.2 Å². The fraction of sp³-hybridized carbons (Fsp3) is 0.667. The molecule has 2 atom stereocenters. The van der Waals surface area contributed by atoms with Crippen molar-refractivity contribution in [3.8, 4) is 5.75 Å². The smallest absolute Gasteiger partial charge is 0.125 e. The fourth-order valence-electron chi connectivity index (χ4n) is 3.88. The molecule has 3 rings (SSSR count). The van der Waals surface area contributed by atoms with Crippen LogP contribution in [-0.2, 0) is 6.42 Å². The summed E-state index contributed by atoms with van der Waals surface area (Å²) in [4.78, 5) is 2.58. The molecule has 0 aromatic heterocycles. The number of fused-ring (bicyclic) bond motifs is 1. The zero-order valence-electron chi connectivity index (χ0n) is 13.6. The fourth-order valence-corrected chi connectivity index (χ4v) is 3.88. The lowest BCUT2D eigenvalue weighted by atomic mass is 9.84. The SMILES string of the molecule is CCc1ccc2c(c1)C(N(CC)CC)CC1(CCNC1)O2. The maximum atomic E-state index is 6.46. The summed E-state index contributed by atoms with van der Waals surface area (Å²) in [6.45, 7) is 11.0. The molecular formula is C18H28N2O. The third-order valence-electron chi connectivity index (χ3n) is 5.19. The van der Waals surface area contributed by atoms with Gasteiger partial charge in [-0.05, 0) is 37.7 Å². The monoisotopic (exact) mass is 288 g/mol. The topological polar surface area (TPSA) is 24.5 Å². The molecule has 0 saturated carbocycles. The van der Waals surface area contributed by atoms with E-state index in [4.69, 9.17) is 4.74 Å². The van der Waals surface area contributed by atoms with E-state index in [9.17, 15) is 0 Å². The van der Waals surface area contributed by atoms with Crippen LogP contribution in [0.25, 0.3) is 0 Å². The lowest BCUT2D eigenvalue weighted by Gasteiger charge is -2.43. The second kappa shape index (κ2) is 5.98. The Morgan fingerprint density at radius 2 is 2.10 bits per heavy atom. The number of nitrogens with zero attached hydrogens (tertiary/aromatic N) is 1. The summed E-state index contributed by atoms with van der Waals surface area (Å²) >= 11 is 0. The number of rotatable bonds is 4. The molecule has 1 aromatic rings. The van der Waals surface area contributed by atoms with Gasteiger partial charge in [-0.2, -0.15) is 0 Å². The molecule has 2 aliphatic heterocycles. The predicted molar refractivity (Wildman–Crippen MR) is 86.9 cm³/mol. The first-order valence-corrected chi connectivity index (χ1v) is 8.48. The third kappa shape index (κ3) is 2.69. The molecule has 1 spiro atoms. The molecule has 116 valence electrons. The second-order valence-corrected chi connectivity index (χ2v) is 6.38. The highest BCUT2D eigenvalue weighted by molar-refractivity contribution is 5.42. The van der Waals surface area contributed by atoms with Crippen molar-refractivity contribution in [3.05, 3.63) is 29.3 Å². The summed E-state index contributed by atoms with van der Waals surface area (Å²) in [5.41, 5.74) is 2.82. The van der Waals surface area contributed by atoms with Crippen LogP contribution in [0, 0.1) is 0 Å². The molecule has 2 aliphatic rings. The molecule has 1 N–H and O–H groups in total. The highest BCUT2D eigenvalue weighted by atomic mass is 16.5. The van der Waals surface area contributed by atoms with Crippen molar-refractivity contribution in [2.75, 3.05) is 26.2 Å². The van der Waals surface area contributed by atoms with Crippen molar-refractivity contribution in [2.24, 2.45) is 0 Å². The van der Waals surface area contributed by atoms with Gasteiger partial charge >= 0.3 is 0 Å². The normalized spacial score (nSPS) is 27.9. The Bertz CT molecular complexity index is 490. The van der Waals surface area contributed by atoms with E-state index in [1.165, 1.54) is 11.1 Å². The number of hydrogen-bond acceptors (Lipinski definition) is 3. The number of benzene rings is 1.